The van der Waals surface area contributed by atoms with Crippen molar-refractivity contribution in [1.29, 1.82) is 0 Å². The average Bonchev–Trinajstić information content (AvgIpc) is 3.01. The zero-order chi connectivity index (χ0) is 23.4. The van der Waals surface area contributed by atoms with Crippen LogP contribution in [0.1, 0.15) is 53.4 Å². The smallest absolute Gasteiger partial charge is 0.319 e. The fourth-order valence-corrected chi connectivity index (χ4v) is 4.09. The van der Waals surface area contributed by atoms with Gasteiger partial charge >= 0.3 is 6.01 Å². The van der Waals surface area contributed by atoms with Crippen LogP contribution in [0.4, 0.5) is 5.82 Å². The summed E-state index contributed by atoms with van der Waals surface area (Å²) in [5.74, 6) is 0.00446. The molecule has 0 spiro atoms. The molecule has 3 heterocycles. The Balaban J connectivity index is 1.63. The lowest BCUT2D eigenvalue weighted by molar-refractivity contribution is 0.0925. The Hall–Kier alpha value is -2.17. The summed E-state index contributed by atoms with van der Waals surface area (Å²) in [6.45, 7) is 7.12. The molecule has 3 rings (SSSR count). The molecule has 12 heteroatoms. The highest BCUT2D eigenvalue weighted by Crippen LogP contribution is 2.29. The molecule has 2 aromatic heterocycles. The molecule has 0 aromatic carbocycles. The summed E-state index contributed by atoms with van der Waals surface area (Å²) in [7, 11) is 0. The SMILES string of the molecule is Cc1[nH]c(C(=O)NC2CCN(c3cc(C(N)=O)nc(OCSC(C)C)n3)CC2)c(Cl)c1Cl. The number of anilines is 1. The van der Waals surface area contributed by atoms with Crippen LogP contribution in [0.5, 0.6) is 6.01 Å². The summed E-state index contributed by atoms with van der Waals surface area (Å²) in [6.07, 6.45) is 1.37. The Morgan fingerprint density at radius 3 is 2.56 bits per heavy atom. The van der Waals surface area contributed by atoms with E-state index >= 15 is 0 Å². The standard InChI is InChI=1S/C20H26Cl2N6O3S/c1-10(2)32-9-31-20-26-13(18(23)29)8-14(27-20)28-6-4-12(5-7-28)25-19(30)17-16(22)15(21)11(3)24-17/h8,10,12,24H,4-7,9H2,1-3H3,(H2,23,29)(H,25,30). The molecule has 0 atom stereocenters. The number of thioether (sulfide) groups is 1. The van der Waals surface area contributed by atoms with Gasteiger partial charge in [0, 0.05) is 36.1 Å². The van der Waals surface area contributed by atoms with Crippen molar-refractivity contribution in [3.63, 3.8) is 0 Å². The predicted molar refractivity (Wildman–Crippen MR) is 127 cm³/mol. The highest BCUT2D eigenvalue weighted by Gasteiger charge is 2.25. The van der Waals surface area contributed by atoms with E-state index in [-0.39, 0.29) is 34.4 Å². The highest BCUT2D eigenvalue weighted by molar-refractivity contribution is 7.99. The minimum absolute atomic E-state index is 0.0344. The third-order valence-corrected chi connectivity index (χ3v) is 6.84. The zero-order valence-electron chi connectivity index (χ0n) is 18.1. The van der Waals surface area contributed by atoms with Crippen LogP contribution < -0.4 is 20.7 Å². The molecule has 2 aromatic rings. The van der Waals surface area contributed by atoms with Crippen molar-refractivity contribution >= 4 is 52.6 Å². The third-order valence-electron chi connectivity index (χ3n) is 4.97. The molecule has 0 bridgehead atoms. The summed E-state index contributed by atoms with van der Waals surface area (Å²) in [4.78, 5) is 37.8. The Bertz CT molecular complexity index is 992. The highest BCUT2D eigenvalue weighted by atomic mass is 35.5. The first-order valence-electron chi connectivity index (χ1n) is 10.2. The zero-order valence-corrected chi connectivity index (χ0v) is 20.4. The van der Waals surface area contributed by atoms with Gasteiger partial charge in [-0.05, 0) is 19.8 Å². The second kappa shape index (κ2) is 10.6. The molecule has 0 unspecified atom stereocenters. The number of ether oxygens (including phenoxy) is 1. The lowest BCUT2D eigenvalue weighted by atomic mass is 10.0. The number of piperidine rings is 1. The largest absolute Gasteiger partial charge is 0.452 e. The molecular formula is C20H26Cl2N6O3S. The Morgan fingerprint density at radius 2 is 2.00 bits per heavy atom. The van der Waals surface area contributed by atoms with Crippen LogP contribution in [0, 0.1) is 6.92 Å². The molecular weight excluding hydrogens is 475 g/mol. The van der Waals surface area contributed by atoms with Gasteiger partial charge in [-0.2, -0.15) is 9.97 Å². The summed E-state index contributed by atoms with van der Waals surface area (Å²) in [6, 6.07) is 1.65. The number of hydrogen-bond acceptors (Lipinski definition) is 7. The maximum atomic E-state index is 12.6. The van der Waals surface area contributed by atoms with E-state index in [0.29, 0.717) is 53.7 Å². The molecule has 1 aliphatic rings. The van der Waals surface area contributed by atoms with Crippen molar-refractivity contribution in [2.75, 3.05) is 23.9 Å². The Labute approximate surface area is 200 Å². The van der Waals surface area contributed by atoms with Gasteiger partial charge in [-0.1, -0.05) is 37.0 Å². The lowest BCUT2D eigenvalue weighted by Crippen LogP contribution is -2.45. The number of halogens is 2. The number of aromatic amines is 1. The number of rotatable bonds is 8. The Morgan fingerprint density at radius 1 is 1.31 bits per heavy atom. The van der Waals surface area contributed by atoms with E-state index in [0.717, 1.165) is 0 Å². The van der Waals surface area contributed by atoms with Gasteiger partial charge in [0.2, 0.25) is 0 Å². The third kappa shape index (κ3) is 5.99. The van der Waals surface area contributed by atoms with Gasteiger partial charge in [0.15, 0.2) is 0 Å². The van der Waals surface area contributed by atoms with Gasteiger partial charge in [0.1, 0.15) is 23.1 Å². The molecule has 9 nitrogen and oxygen atoms in total. The molecule has 0 radical (unpaired) electrons. The molecule has 1 fully saturated rings. The summed E-state index contributed by atoms with van der Waals surface area (Å²) in [5, 5.41) is 3.96. The molecule has 32 heavy (non-hydrogen) atoms. The van der Waals surface area contributed by atoms with E-state index < -0.39 is 5.91 Å². The van der Waals surface area contributed by atoms with Gasteiger partial charge in [-0.25, -0.2) is 0 Å². The number of carbonyl (C=O) groups excluding carboxylic acids is 2. The number of primary amides is 1. The molecule has 1 aliphatic heterocycles. The van der Waals surface area contributed by atoms with Gasteiger partial charge in [0.25, 0.3) is 11.8 Å². The second-order valence-corrected chi connectivity index (χ2v) is 9.99. The van der Waals surface area contributed by atoms with Crippen molar-refractivity contribution < 1.29 is 14.3 Å². The van der Waals surface area contributed by atoms with Crippen molar-refractivity contribution in [2.24, 2.45) is 5.73 Å². The van der Waals surface area contributed by atoms with Crippen LogP contribution in [-0.2, 0) is 0 Å². The van der Waals surface area contributed by atoms with Crippen LogP contribution >= 0.6 is 35.0 Å². The lowest BCUT2D eigenvalue weighted by Gasteiger charge is -2.33. The van der Waals surface area contributed by atoms with Gasteiger partial charge < -0.3 is 25.7 Å². The first kappa shape index (κ1) is 24.5. The number of aromatic nitrogens is 3. The van der Waals surface area contributed by atoms with Crippen LogP contribution in [0.3, 0.4) is 0 Å². The number of amides is 2. The van der Waals surface area contributed by atoms with Crippen molar-refractivity contribution in [1.82, 2.24) is 20.3 Å². The van der Waals surface area contributed by atoms with E-state index in [1.807, 2.05) is 4.90 Å². The monoisotopic (exact) mass is 500 g/mol. The van der Waals surface area contributed by atoms with Crippen LogP contribution in [-0.4, -0.2) is 57.1 Å². The quantitative estimate of drug-likeness (QED) is 0.474. The summed E-state index contributed by atoms with van der Waals surface area (Å²) >= 11 is 13.8. The molecule has 4 N–H and O–H groups in total. The normalized spacial score (nSPS) is 14.6. The van der Waals surface area contributed by atoms with Gasteiger partial charge in [-0.15, -0.1) is 11.8 Å². The van der Waals surface area contributed by atoms with Crippen LogP contribution in [0.15, 0.2) is 6.07 Å². The van der Waals surface area contributed by atoms with E-state index in [4.69, 9.17) is 33.7 Å². The van der Waals surface area contributed by atoms with E-state index in [1.165, 1.54) is 0 Å². The van der Waals surface area contributed by atoms with Gasteiger partial charge in [-0.3, -0.25) is 9.59 Å². The minimum atomic E-state index is -0.644. The maximum Gasteiger partial charge on any atom is 0.319 e. The van der Waals surface area contributed by atoms with Crippen molar-refractivity contribution in [3.05, 3.63) is 33.2 Å². The van der Waals surface area contributed by atoms with Gasteiger partial charge in [0.05, 0.1) is 10.0 Å². The number of aryl methyl sites for hydroxylation is 1. The first-order valence-corrected chi connectivity index (χ1v) is 12.0. The molecule has 174 valence electrons. The number of nitrogens with zero attached hydrogens (tertiary/aromatic N) is 3. The molecule has 1 saturated heterocycles. The molecule has 0 aliphatic carbocycles. The second-order valence-electron chi connectivity index (χ2n) is 7.72. The van der Waals surface area contributed by atoms with Crippen molar-refractivity contribution in [2.45, 2.75) is 44.9 Å². The van der Waals surface area contributed by atoms with E-state index in [1.54, 1.807) is 24.8 Å². The molecule has 0 saturated carbocycles. The average molecular weight is 501 g/mol. The van der Waals surface area contributed by atoms with Crippen molar-refractivity contribution in [3.8, 4) is 6.01 Å². The van der Waals surface area contributed by atoms with Crippen LogP contribution in [0.25, 0.3) is 0 Å². The summed E-state index contributed by atoms with van der Waals surface area (Å²) in [5.41, 5.74) is 6.45. The topological polar surface area (TPSA) is 126 Å². The number of nitrogens with two attached hydrogens (primary N) is 1. The number of nitrogens with one attached hydrogen (secondary N) is 2. The van der Waals surface area contributed by atoms with E-state index in [2.05, 4.69) is 34.1 Å². The van der Waals surface area contributed by atoms with Crippen LogP contribution in [0.2, 0.25) is 10.0 Å². The fourth-order valence-electron chi connectivity index (χ4n) is 3.23. The number of hydrogen-bond donors (Lipinski definition) is 3. The first-order chi connectivity index (χ1) is 15.2. The minimum Gasteiger partial charge on any atom is -0.452 e. The predicted octanol–water partition coefficient (Wildman–Crippen LogP) is 3.40. The van der Waals surface area contributed by atoms with E-state index in [9.17, 15) is 9.59 Å². The number of H-pyrrole nitrogens is 1. The maximum absolute atomic E-state index is 12.6. The molecule has 2 amide bonds. The fraction of sp³-hybridized carbons (Fsp3) is 0.500. The number of carbonyl (C=O) groups is 2. The summed E-state index contributed by atoms with van der Waals surface area (Å²) < 4.78 is 5.61. The Kier molecular flexibility index (Phi) is 8.13.